The Morgan fingerprint density at radius 2 is 1.87 bits per heavy atom. The van der Waals surface area contributed by atoms with Crippen molar-refractivity contribution in [3.63, 3.8) is 0 Å². The van der Waals surface area contributed by atoms with Gasteiger partial charge in [0.1, 0.15) is 0 Å². The summed E-state index contributed by atoms with van der Waals surface area (Å²) in [6.45, 7) is 2.09. The molecule has 1 unspecified atom stereocenters. The van der Waals surface area contributed by atoms with Gasteiger partial charge in [-0.25, -0.2) is 0 Å². The number of benzene rings is 2. The van der Waals surface area contributed by atoms with E-state index in [1.165, 1.54) is 0 Å². The molecule has 0 bridgehead atoms. The lowest BCUT2D eigenvalue weighted by molar-refractivity contribution is -0.128. The van der Waals surface area contributed by atoms with Crippen molar-refractivity contribution in [1.29, 1.82) is 0 Å². The van der Waals surface area contributed by atoms with Gasteiger partial charge in [-0.05, 0) is 54.7 Å². The molecule has 4 rings (SSSR count). The molecule has 2 heterocycles. The van der Waals surface area contributed by atoms with Crippen molar-refractivity contribution in [2.24, 2.45) is 0 Å². The molecule has 2 aromatic carbocycles. The van der Waals surface area contributed by atoms with E-state index >= 15 is 0 Å². The average Bonchev–Trinajstić information content (AvgIpc) is 3.42. The van der Waals surface area contributed by atoms with Crippen LogP contribution < -0.4 is 9.47 Å². The highest BCUT2D eigenvalue weighted by molar-refractivity contribution is 5.95. The van der Waals surface area contributed by atoms with Crippen molar-refractivity contribution in [1.82, 2.24) is 9.80 Å². The van der Waals surface area contributed by atoms with Gasteiger partial charge in [0.2, 0.25) is 5.91 Å². The topological polar surface area (TPSA) is 59.1 Å². The molecule has 2 saturated heterocycles. The molecule has 2 aliphatic rings. The van der Waals surface area contributed by atoms with Crippen LogP contribution in [0.15, 0.2) is 42.5 Å². The molecule has 0 aromatic heterocycles. The number of nitrogens with zero attached hydrogens (tertiary/aromatic N) is 2. The second kappa shape index (κ2) is 8.78. The summed E-state index contributed by atoms with van der Waals surface area (Å²) < 4.78 is 10.8. The van der Waals surface area contributed by atoms with Crippen LogP contribution in [0.5, 0.6) is 11.5 Å². The molecule has 2 amide bonds. The Kier molecular flexibility index (Phi) is 5.93. The van der Waals surface area contributed by atoms with Crippen LogP contribution in [0.4, 0.5) is 0 Å². The lowest BCUT2D eigenvalue weighted by Crippen LogP contribution is -2.30. The molecule has 30 heavy (non-hydrogen) atoms. The van der Waals surface area contributed by atoms with E-state index in [1.807, 2.05) is 52.3 Å². The Bertz CT molecular complexity index is 943. The summed E-state index contributed by atoms with van der Waals surface area (Å²) in [5, 5.41) is 0. The minimum atomic E-state index is 0.0149. The predicted octanol–water partition coefficient (Wildman–Crippen LogP) is 3.80. The van der Waals surface area contributed by atoms with E-state index in [0.717, 1.165) is 43.5 Å². The van der Waals surface area contributed by atoms with Gasteiger partial charge in [-0.15, -0.1) is 0 Å². The van der Waals surface area contributed by atoms with Crippen molar-refractivity contribution in [3.05, 3.63) is 59.2 Å². The number of methoxy groups -OCH3 is 2. The zero-order chi connectivity index (χ0) is 21.1. The molecule has 158 valence electrons. The van der Waals surface area contributed by atoms with Gasteiger partial charge in [0.15, 0.2) is 11.5 Å². The SMILES string of the molecule is COc1ccc(C2CCCN2C(=O)c2cccc(CN3CCCC3=O)c2)cc1OC. The van der Waals surface area contributed by atoms with Gasteiger partial charge < -0.3 is 19.3 Å². The number of carbonyl (C=O) groups excluding carboxylic acids is 2. The summed E-state index contributed by atoms with van der Waals surface area (Å²) >= 11 is 0. The fourth-order valence-corrected chi connectivity index (χ4v) is 4.48. The highest BCUT2D eigenvalue weighted by atomic mass is 16.5. The third kappa shape index (κ3) is 3.99. The fraction of sp³-hybridized carbons (Fsp3) is 0.417. The number of rotatable bonds is 6. The number of hydrogen-bond donors (Lipinski definition) is 0. The Labute approximate surface area is 177 Å². The van der Waals surface area contributed by atoms with E-state index in [0.29, 0.717) is 30.0 Å². The van der Waals surface area contributed by atoms with Gasteiger partial charge in [-0.2, -0.15) is 0 Å². The largest absolute Gasteiger partial charge is 0.493 e. The van der Waals surface area contributed by atoms with Gasteiger partial charge in [-0.1, -0.05) is 18.2 Å². The predicted molar refractivity (Wildman–Crippen MR) is 114 cm³/mol. The molecule has 2 aliphatic heterocycles. The third-order valence-electron chi connectivity index (χ3n) is 6.02. The molecular formula is C24H28N2O4. The van der Waals surface area contributed by atoms with Crippen LogP contribution in [0.3, 0.4) is 0 Å². The maximum Gasteiger partial charge on any atom is 0.254 e. The minimum absolute atomic E-state index is 0.0149. The van der Waals surface area contributed by atoms with E-state index in [9.17, 15) is 9.59 Å². The van der Waals surface area contributed by atoms with Crippen molar-refractivity contribution in [2.45, 2.75) is 38.3 Å². The van der Waals surface area contributed by atoms with E-state index < -0.39 is 0 Å². The first kappa shape index (κ1) is 20.3. The molecular weight excluding hydrogens is 380 g/mol. The van der Waals surface area contributed by atoms with Gasteiger partial charge in [0.05, 0.1) is 20.3 Å². The number of hydrogen-bond acceptors (Lipinski definition) is 4. The summed E-state index contributed by atoms with van der Waals surface area (Å²) in [6, 6.07) is 13.6. The van der Waals surface area contributed by atoms with Crippen LogP contribution >= 0.6 is 0 Å². The van der Waals surface area contributed by atoms with E-state index in [1.54, 1.807) is 14.2 Å². The summed E-state index contributed by atoms with van der Waals surface area (Å²) in [7, 11) is 3.24. The van der Waals surface area contributed by atoms with E-state index in [2.05, 4.69) is 0 Å². The first-order chi connectivity index (χ1) is 14.6. The molecule has 0 N–H and O–H groups in total. The molecule has 6 nitrogen and oxygen atoms in total. The van der Waals surface area contributed by atoms with Gasteiger partial charge >= 0.3 is 0 Å². The second-order valence-corrected chi connectivity index (χ2v) is 7.89. The van der Waals surface area contributed by atoms with Crippen LogP contribution in [0.25, 0.3) is 0 Å². The first-order valence-electron chi connectivity index (χ1n) is 10.5. The molecule has 0 radical (unpaired) electrons. The number of amides is 2. The van der Waals surface area contributed by atoms with Crippen molar-refractivity contribution >= 4 is 11.8 Å². The zero-order valence-electron chi connectivity index (χ0n) is 17.6. The van der Waals surface area contributed by atoms with Crippen LogP contribution in [0.2, 0.25) is 0 Å². The summed E-state index contributed by atoms with van der Waals surface area (Å²) in [5.74, 6) is 1.58. The lowest BCUT2D eigenvalue weighted by Gasteiger charge is -2.26. The smallest absolute Gasteiger partial charge is 0.254 e. The Balaban J connectivity index is 1.54. The highest BCUT2D eigenvalue weighted by Gasteiger charge is 2.31. The van der Waals surface area contributed by atoms with E-state index in [4.69, 9.17) is 9.47 Å². The Hall–Kier alpha value is -3.02. The molecule has 2 fully saturated rings. The van der Waals surface area contributed by atoms with Crippen LogP contribution in [0, 0.1) is 0 Å². The maximum atomic E-state index is 13.4. The number of carbonyl (C=O) groups is 2. The van der Waals surface area contributed by atoms with Gasteiger partial charge in [0, 0.05) is 31.6 Å². The number of ether oxygens (including phenoxy) is 2. The van der Waals surface area contributed by atoms with Gasteiger partial charge in [0.25, 0.3) is 5.91 Å². The molecule has 6 heteroatoms. The normalized spacial score (nSPS) is 18.7. The molecule has 0 spiro atoms. The summed E-state index contributed by atoms with van der Waals surface area (Å²) in [4.78, 5) is 29.1. The Morgan fingerprint density at radius 1 is 1.03 bits per heavy atom. The van der Waals surface area contributed by atoms with Crippen molar-refractivity contribution in [3.8, 4) is 11.5 Å². The minimum Gasteiger partial charge on any atom is -0.493 e. The van der Waals surface area contributed by atoms with Crippen molar-refractivity contribution in [2.75, 3.05) is 27.3 Å². The van der Waals surface area contributed by atoms with Gasteiger partial charge in [-0.3, -0.25) is 9.59 Å². The lowest BCUT2D eigenvalue weighted by atomic mass is 10.0. The third-order valence-corrected chi connectivity index (χ3v) is 6.02. The maximum absolute atomic E-state index is 13.4. The quantitative estimate of drug-likeness (QED) is 0.729. The zero-order valence-corrected chi connectivity index (χ0v) is 17.6. The Morgan fingerprint density at radius 3 is 2.60 bits per heavy atom. The summed E-state index contributed by atoms with van der Waals surface area (Å²) in [6.07, 6.45) is 3.42. The number of likely N-dealkylation sites (tertiary alicyclic amines) is 2. The molecule has 1 atom stereocenters. The first-order valence-corrected chi connectivity index (χ1v) is 10.5. The standard InChI is InChI=1S/C24H28N2O4/c1-29-21-11-10-18(15-22(21)30-2)20-8-4-13-26(20)24(28)19-7-3-6-17(14-19)16-25-12-5-9-23(25)27/h3,6-7,10-11,14-15,20H,4-5,8-9,12-13,16H2,1-2H3. The molecule has 0 saturated carbocycles. The van der Waals surface area contributed by atoms with Crippen LogP contribution in [-0.2, 0) is 11.3 Å². The van der Waals surface area contributed by atoms with Crippen LogP contribution in [-0.4, -0.2) is 48.9 Å². The molecule has 2 aromatic rings. The monoisotopic (exact) mass is 408 g/mol. The second-order valence-electron chi connectivity index (χ2n) is 7.89. The summed E-state index contributed by atoms with van der Waals surface area (Å²) in [5.41, 5.74) is 2.72. The fourth-order valence-electron chi connectivity index (χ4n) is 4.48. The highest BCUT2D eigenvalue weighted by Crippen LogP contribution is 2.37. The average molecular weight is 408 g/mol. The van der Waals surface area contributed by atoms with Crippen LogP contribution in [0.1, 0.15) is 53.2 Å². The molecule has 0 aliphatic carbocycles. The van der Waals surface area contributed by atoms with E-state index in [-0.39, 0.29) is 17.9 Å². The van der Waals surface area contributed by atoms with Crippen molar-refractivity contribution < 1.29 is 19.1 Å².